The molecule has 23 heavy (non-hydrogen) atoms. The number of rotatable bonds is 3. The number of benzene rings is 1. The molecule has 3 rings (SSSR count). The molecule has 3 aromatic rings. The maximum Gasteiger partial charge on any atom is 0.278 e. The van der Waals surface area contributed by atoms with Crippen LogP contribution in [-0.4, -0.2) is 15.9 Å². The Morgan fingerprint density at radius 2 is 2.00 bits per heavy atom. The summed E-state index contributed by atoms with van der Waals surface area (Å²) in [6.45, 7) is 1.92. The zero-order valence-corrected chi connectivity index (χ0v) is 13.5. The zero-order valence-electron chi connectivity index (χ0n) is 12.0. The number of nitrogens with zero attached hydrogens (tertiary/aromatic N) is 2. The first-order valence-corrected chi connectivity index (χ1v) is 7.43. The van der Waals surface area contributed by atoms with Crippen molar-refractivity contribution in [3.05, 3.63) is 64.1 Å². The van der Waals surface area contributed by atoms with Gasteiger partial charge in [-0.25, -0.2) is 9.97 Å². The first-order valence-electron chi connectivity index (χ1n) is 6.68. The molecule has 2 aromatic heterocycles. The quantitative estimate of drug-likeness (QED) is 0.751. The van der Waals surface area contributed by atoms with Crippen molar-refractivity contribution in [3.8, 4) is 11.5 Å². The molecule has 0 aliphatic rings. The standard InChI is InChI=1S/C16H11Cl2N3O2/c1-9-2-5-14(19-7-9)21-15(22)13-8-23-16(20-13)10-3-4-11(17)12(18)6-10/h2-8H,1H3,(H,19,21,22). The molecule has 0 saturated carbocycles. The van der Waals surface area contributed by atoms with E-state index in [-0.39, 0.29) is 11.6 Å². The molecule has 116 valence electrons. The monoisotopic (exact) mass is 347 g/mol. The first kappa shape index (κ1) is 15.5. The van der Waals surface area contributed by atoms with Crippen LogP contribution in [0.5, 0.6) is 0 Å². The minimum Gasteiger partial charge on any atom is -0.444 e. The Bertz CT molecular complexity index is 860. The van der Waals surface area contributed by atoms with Gasteiger partial charge in [0.2, 0.25) is 5.89 Å². The number of oxazole rings is 1. The zero-order chi connectivity index (χ0) is 16.4. The first-order chi connectivity index (χ1) is 11.0. The number of aryl methyl sites for hydroxylation is 1. The summed E-state index contributed by atoms with van der Waals surface area (Å²) in [5.74, 6) is 0.321. The Kier molecular flexibility index (Phi) is 4.32. The van der Waals surface area contributed by atoms with Crippen LogP contribution in [0.25, 0.3) is 11.5 Å². The Morgan fingerprint density at radius 3 is 2.70 bits per heavy atom. The van der Waals surface area contributed by atoms with Gasteiger partial charge in [-0.1, -0.05) is 29.3 Å². The molecule has 0 radical (unpaired) electrons. The van der Waals surface area contributed by atoms with Crippen LogP contribution in [0.2, 0.25) is 10.0 Å². The largest absolute Gasteiger partial charge is 0.444 e. The summed E-state index contributed by atoms with van der Waals surface area (Å²) < 4.78 is 5.33. The van der Waals surface area contributed by atoms with E-state index in [0.717, 1.165) is 5.56 Å². The summed E-state index contributed by atoms with van der Waals surface area (Å²) in [7, 11) is 0. The number of carbonyl (C=O) groups is 1. The summed E-state index contributed by atoms with van der Waals surface area (Å²) in [5, 5.41) is 3.47. The highest BCUT2D eigenvalue weighted by atomic mass is 35.5. The number of halogens is 2. The molecule has 7 heteroatoms. The predicted molar refractivity (Wildman–Crippen MR) is 88.9 cm³/mol. The van der Waals surface area contributed by atoms with Gasteiger partial charge in [-0.3, -0.25) is 4.79 Å². The lowest BCUT2D eigenvalue weighted by Gasteiger charge is -2.01. The van der Waals surface area contributed by atoms with Gasteiger partial charge in [0.05, 0.1) is 10.0 Å². The fraction of sp³-hybridized carbons (Fsp3) is 0.0625. The van der Waals surface area contributed by atoms with E-state index in [4.69, 9.17) is 27.6 Å². The normalized spacial score (nSPS) is 10.6. The molecule has 1 N–H and O–H groups in total. The number of hydrogen-bond acceptors (Lipinski definition) is 4. The molecule has 0 saturated heterocycles. The second kappa shape index (κ2) is 6.40. The number of amides is 1. The lowest BCUT2D eigenvalue weighted by atomic mass is 10.2. The van der Waals surface area contributed by atoms with E-state index < -0.39 is 5.91 Å². The molecule has 0 atom stereocenters. The van der Waals surface area contributed by atoms with Crippen LogP contribution in [-0.2, 0) is 0 Å². The molecular formula is C16H11Cl2N3O2. The van der Waals surface area contributed by atoms with E-state index in [1.807, 2.05) is 13.0 Å². The van der Waals surface area contributed by atoms with Gasteiger partial charge in [0.15, 0.2) is 5.69 Å². The van der Waals surface area contributed by atoms with Gasteiger partial charge in [0.1, 0.15) is 12.1 Å². The lowest BCUT2D eigenvalue weighted by molar-refractivity contribution is 0.102. The molecule has 0 bridgehead atoms. The highest BCUT2D eigenvalue weighted by Gasteiger charge is 2.14. The van der Waals surface area contributed by atoms with Crippen molar-refractivity contribution in [1.29, 1.82) is 0 Å². The molecule has 0 unspecified atom stereocenters. The average Bonchev–Trinajstić information content (AvgIpc) is 3.02. The maximum atomic E-state index is 12.1. The van der Waals surface area contributed by atoms with Gasteiger partial charge in [-0.05, 0) is 36.8 Å². The fourth-order valence-electron chi connectivity index (χ4n) is 1.86. The van der Waals surface area contributed by atoms with Crippen LogP contribution in [0, 0.1) is 6.92 Å². The van der Waals surface area contributed by atoms with E-state index in [1.165, 1.54) is 6.26 Å². The molecule has 0 aliphatic heterocycles. The number of anilines is 1. The summed E-state index contributed by atoms with van der Waals surface area (Å²) in [4.78, 5) is 20.4. The molecular weight excluding hydrogens is 337 g/mol. The molecule has 0 aliphatic carbocycles. The number of carbonyl (C=O) groups excluding carboxylic acids is 1. The van der Waals surface area contributed by atoms with Crippen molar-refractivity contribution < 1.29 is 9.21 Å². The molecule has 1 aromatic carbocycles. The Hall–Kier alpha value is -2.37. The number of nitrogens with one attached hydrogen (secondary N) is 1. The SMILES string of the molecule is Cc1ccc(NC(=O)c2coc(-c3ccc(Cl)c(Cl)c3)n2)nc1. The van der Waals surface area contributed by atoms with Gasteiger partial charge < -0.3 is 9.73 Å². The Morgan fingerprint density at radius 1 is 1.17 bits per heavy atom. The fourth-order valence-corrected chi connectivity index (χ4v) is 2.16. The van der Waals surface area contributed by atoms with Gasteiger partial charge in [0, 0.05) is 11.8 Å². The van der Waals surface area contributed by atoms with Crippen molar-refractivity contribution in [1.82, 2.24) is 9.97 Å². The Labute approximate surface area is 142 Å². The van der Waals surface area contributed by atoms with E-state index in [9.17, 15) is 4.79 Å². The van der Waals surface area contributed by atoms with E-state index in [1.54, 1.807) is 30.5 Å². The minimum atomic E-state index is -0.406. The molecule has 1 amide bonds. The van der Waals surface area contributed by atoms with Gasteiger partial charge in [-0.15, -0.1) is 0 Å². The second-order valence-corrected chi connectivity index (χ2v) is 5.66. The van der Waals surface area contributed by atoms with Crippen molar-refractivity contribution in [2.45, 2.75) is 6.92 Å². The smallest absolute Gasteiger partial charge is 0.278 e. The van der Waals surface area contributed by atoms with Crippen LogP contribution in [0.15, 0.2) is 47.2 Å². The second-order valence-electron chi connectivity index (χ2n) is 4.84. The number of hydrogen-bond donors (Lipinski definition) is 1. The third-order valence-corrected chi connectivity index (χ3v) is 3.80. The summed E-state index contributed by atoms with van der Waals surface area (Å²) in [5.41, 5.74) is 1.78. The molecule has 0 spiro atoms. The topological polar surface area (TPSA) is 68.0 Å². The van der Waals surface area contributed by atoms with E-state index in [2.05, 4.69) is 15.3 Å². The summed E-state index contributed by atoms with van der Waals surface area (Å²) in [6, 6.07) is 8.54. The maximum absolute atomic E-state index is 12.1. The molecule has 5 nitrogen and oxygen atoms in total. The summed E-state index contributed by atoms with van der Waals surface area (Å²) in [6.07, 6.45) is 2.95. The third-order valence-electron chi connectivity index (χ3n) is 3.06. The van der Waals surface area contributed by atoms with Crippen LogP contribution >= 0.6 is 23.2 Å². The van der Waals surface area contributed by atoms with Crippen LogP contribution in [0.1, 0.15) is 16.1 Å². The molecule has 2 heterocycles. The van der Waals surface area contributed by atoms with Crippen molar-refractivity contribution in [2.75, 3.05) is 5.32 Å². The third kappa shape index (κ3) is 3.52. The minimum absolute atomic E-state index is 0.147. The summed E-state index contributed by atoms with van der Waals surface area (Å²) >= 11 is 11.8. The van der Waals surface area contributed by atoms with E-state index >= 15 is 0 Å². The number of aromatic nitrogens is 2. The lowest BCUT2D eigenvalue weighted by Crippen LogP contribution is -2.13. The van der Waals surface area contributed by atoms with Gasteiger partial charge in [-0.2, -0.15) is 0 Å². The van der Waals surface area contributed by atoms with Gasteiger partial charge >= 0.3 is 0 Å². The van der Waals surface area contributed by atoms with E-state index in [0.29, 0.717) is 21.4 Å². The Balaban J connectivity index is 1.79. The predicted octanol–water partition coefficient (Wildman–Crippen LogP) is 4.60. The molecule has 0 fully saturated rings. The van der Waals surface area contributed by atoms with Crippen LogP contribution < -0.4 is 5.32 Å². The van der Waals surface area contributed by atoms with Crippen molar-refractivity contribution in [3.63, 3.8) is 0 Å². The van der Waals surface area contributed by atoms with Crippen LogP contribution in [0.4, 0.5) is 5.82 Å². The van der Waals surface area contributed by atoms with Crippen molar-refractivity contribution in [2.24, 2.45) is 0 Å². The van der Waals surface area contributed by atoms with Crippen LogP contribution in [0.3, 0.4) is 0 Å². The number of pyridine rings is 1. The van der Waals surface area contributed by atoms with Crippen molar-refractivity contribution >= 4 is 34.9 Å². The van der Waals surface area contributed by atoms with Gasteiger partial charge in [0.25, 0.3) is 5.91 Å². The average molecular weight is 348 g/mol. The highest BCUT2D eigenvalue weighted by molar-refractivity contribution is 6.42. The highest BCUT2D eigenvalue weighted by Crippen LogP contribution is 2.28.